The van der Waals surface area contributed by atoms with E-state index in [1.807, 2.05) is 22.8 Å². The van der Waals surface area contributed by atoms with Gasteiger partial charge in [-0.3, -0.25) is 4.79 Å². The Kier molecular flexibility index (Phi) is 3.91. The number of rotatable bonds is 1. The molecule has 0 spiro atoms. The molecule has 4 aliphatic heterocycles. The van der Waals surface area contributed by atoms with E-state index in [-0.39, 0.29) is 36.7 Å². The Bertz CT molecular complexity index is 796. The third-order valence-corrected chi connectivity index (χ3v) is 6.42. The Balaban J connectivity index is 1.50. The predicted molar refractivity (Wildman–Crippen MR) is 97.6 cm³/mol. The van der Waals surface area contributed by atoms with Crippen LogP contribution in [-0.2, 0) is 11.2 Å². The molecule has 0 saturated carbocycles. The summed E-state index contributed by atoms with van der Waals surface area (Å²) >= 11 is 0. The lowest BCUT2D eigenvalue weighted by atomic mass is 9.76. The van der Waals surface area contributed by atoms with Crippen LogP contribution in [0.1, 0.15) is 43.4 Å². The SMILES string of the molecule is CCNC(=O)N1CCCC2C(=O)N3CCc4cc5c(cc4C3CC21)OCO5. The van der Waals surface area contributed by atoms with Crippen molar-refractivity contribution in [3.63, 3.8) is 0 Å². The van der Waals surface area contributed by atoms with E-state index in [0.717, 1.165) is 55.8 Å². The highest BCUT2D eigenvalue weighted by atomic mass is 16.7. The zero-order valence-electron chi connectivity index (χ0n) is 15.6. The highest BCUT2D eigenvalue weighted by molar-refractivity contribution is 5.83. The molecule has 144 valence electrons. The monoisotopic (exact) mass is 371 g/mol. The molecular formula is C20H25N3O4. The lowest BCUT2D eigenvalue weighted by Crippen LogP contribution is -2.61. The molecule has 4 heterocycles. The Morgan fingerprint density at radius 1 is 1.26 bits per heavy atom. The molecule has 7 nitrogen and oxygen atoms in total. The number of hydrogen-bond donors (Lipinski definition) is 1. The first-order valence-corrected chi connectivity index (χ1v) is 9.94. The van der Waals surface area contributed by atoms with Crippen LogP contribution in [0.15, 0.2) is 12.1 Å². The molecule has 4 aliphatic rings. The van der Waals surface area contributed by atoms with E-state index in [0.29, 0.717) is 6.54 Å². The van der Waals surface area contributed by atoms with Gasteiger partial charge in [0.25, 0.3) is 0 Å². The Morgan fingerprint density at radius 2 is 2.07 bits per heavy atom. The number of piperidine rings is 2. The van der Waals surface area contributed by atoms with Gasteiger partial charge in [0, 0.05) is 25.7 Å². The maximum atomic E-state index is 13.3. The van der Waals surface area contributed by atoms with E-state index in [9.17, 15) is 9.59 Å². The molecule has 1 N–H and O–H groups in total. The predicted octanol–water partition coefficient (Wildman–Crippen LogP) is 2.05. The first-order chi connectivity index (χ1) is 13.2. The topological polar surface area (TPSA) is 71.1 Å². The molecular weight excluding hydrogens is 346 g/mol. The highest BCUT2D eigenvalue weighted by Gasteiger charge is 2.48. The number of likely N-dealkylation sites (tertiary alicyclic amines) is 1. The minimum atomic E-state index is -0.0758. The fourth-order valence-electron chi connectivity index (χ4n) is 5.19. The van der Waals surface area contributed by atoms with Crippen molar-refractivity contribution in [2.24, 2.45) is 5.92 Å². The normalized spacial score (nSPS) is 28.3. The van der Waals surface area contributed by atoms with Crippen molar-refractivity contribution in [2.75, 3.05) is 26.4 Å². The second-order valence-corrected chi connectivity index (χ2v) is 7.78. The molecule has 0 radical (unpaired) electrons. The van der Waals surface area contributed by atoms with Gasteiger partial charge in [-0.05, 0) is 55.9 Å². The average molecular weight is 371 g/mol. The maximum Gasteiger partial charge on any atom is 0.317 e. The van der Waals surface area contributed by atoms with Crippen LogP contribution in [0.3, 0.4) is 0 Å². The fourth-order valence-corrected chi connectivity index (χ4v) is 5.19. The van der Waals surface area contributed by atoms with Crippen LogP contribution in [0.4, 0.5) is 4.79 Å². The van der Waals surface area contributed by atoms with Crippen molar-refractivity contribution >= 4 is 11.9 Å². The van der Waals surface area contributed by atoms with Crippen LogP contribution in [0.25, 0.3) is 0 Å². The number of nitrogens with zero attached hydrogens (tertiary/aromatic N) is 2. The summed E-state index contributed by atoms with van der Waals surface area (Å²) in [5.74, 6) is 1.68. The van der Waals surface area contributed by atoms with Gasteiger partial charge in [-0.25, -0.2) is 4.79 Å². The number of urea groups is 1. The van der Waals surface area contributed by atoms with Crippen molar-refractivity contribution in [3.05, 3.63) is 23.3 Å². The summed E-state index contributed by atoms with van der Waals surface area (Å²) in [4.78, 5) is 29.8. The van der Waals surface area contributed by atoms with E-state index in [1.165, 1.54) is 5.56 Å². The minimum absolute atomic E-state index is 0.00651. The van der Waals surface area contributed by atoms with E-state index in [1.54, 1.807) is 0 Å². The van der Waals surface area contributed by atoms with Crippen LogP contribution in [-0.4, -0.2) is 54.2 Å². The number of fused-ring (bicyclic) bond motifs is 5. The summed E-state index contributed by atoms with van der Waals surface area (Å²) in [6, 6.07) is 4.03. The van der Waals surface area contributed by atoms with Gasteiger partial charge in [-0.15, -0.1) is 0 Å². The molecule has 3 amide bonds. The van der Waals surface area contributed by atoms with E-state index < -0.39 is 0 Å². The first-order valence-electron chi connectivity index (χ1n) is 9.94. The van der Waals surface area contributed by atoms with Gasteiger partial charge in [0.2, 0.25) is 12.7 Å². The van der Waals surface area contributed by atoms with Crippen molar-refractivity contribution in [2.45, 2.75) is 44.7 Å². The molecule has 1 aromatic rings. The summed E-state index contributed by atoms with van der Waals surface area (Å²) in [7, 11) is 0. The zero-order chi connectivity index (χ0) is 18.5. The number of carbonyl (C=O) groups excluding carboxylic acids is 2. The minimum Gasteiger partial charge on any atom is -0.454 e. The average Bonchev–Trinajstić information content (AvgIpc) is 3.13. The number of benzene rings is 1. The maximum absolute atomic E-state index is 13.3. The Morgan fingerprint density at radius 3 is 2.89 bits per heavy atom. The number of ether oxygens (including phenoxy) is 2. The van der Waals surface area contributed by atoms with Gasteiger partial charge < -0.3 is 24.6 Å². The number of amides is 3. The molecule has 0 aromatic heterocycles. The number of nitrogens with one attached hydrogen (secondary N) is 1. The third-order valence-electron chi connectivity index (χ3n) is 6.42. The van der Waals surface area contributed by atoms with Gasteiger partial charge in [-0.2, -0.15) is 0 Å². The second-order valence-electron chi connectivity index (χ2n) is 7.78. The molecule has 0 aliphatic carbocycles. The van der Waals surface area contributed by atoms with Crippen LogP contribution in [0.5, 0.6) is 11.5 Å². The number of carbonyl (C=O) groups is 2. The highest BCUT2D eigenvalue weighted by Crippen LogP contribution is 2.46. The smallest absolute Gasteiger partial charge is 0.317 e. The summed E-state index contributed by atoms with van der Waals surface area (Å²) in [5, 5.41) is 2.91. The van der Waals surface area contributed by atoms with Crippen LogP contribution >= 0.6 is 0 Å². The summed E-state index contributed by atoms with van der Waals surface area (Å²) in [5.41, 5.74) is 2.38. The fraction of sp³-hybridized carbons (Fsp3) is 0.600. The standard InChI is InChI=1S/C20H25N3O4/c1-2-21-20(25)23-6-3-4-13-15(23)10-16-14-9-18-17(26-11-27-18)8-12(14)5-7-22(16)19(13)24/h8-9,13,15-16H,2-7,10-11H2,1H3,(H,21,25). The molecule has 3 atom stereocenters. The molecule has 1 aromatic carbocycles. The van der Waals surface area contributed by atoms with Gasteiger partial charge in [0.1, 0.15) is 0 Å². The summed E-state index contributed by atoms with van der Waals surface area (Å²) < 4.78 is 11.1. The van der Waals surface area contributed by atoms with Crippen molar-refractivity contribution in [3.8, 4) is 11.5 Å². The quantitative estimate of drug-likeness (QED) is 0.820. The van der Waals surface area contributed by atoms with Crippen LogP contribution < -0.4 is 14.8 Å². The van der Waals surface area contributed by atoms with Gasteiger partial charge in [0.05, 0.1) is 12.0 Å². The Labute approximate surface area is 158 Å². The number of hydrogen-bond acceptors (Lipinski definition) is 4. The summed E-state index contributed by atoms with van der Waals surface area (Å²) in [6.45, 7) is 4.23. The third kappa shape index (κ3) is 2.55. The molecule has 0 bridgehead atoms. The lowest BCUT2D eigenvalue weighted by molar-refractivity contribution is -0.148. The molecule has 27 heavy (non-hydrogen) atoms. The van der Waals surface area contributed by atoms with Crippen molar-refractivity contribution < 1.29 is 19.1 Å². The molecule has 3 unspecified atom stereocenters. The second kappa shape index (κ2) is 6.32. The van der Waals surface area contributed by atoms with Crippen molar-refractivity contribution in [1.29, 1.82) is 0 Å². The van der Waals surface area contributed by atoms with Gasteiger partial charge in [-0.1, -0.05) is 0 Å². The molecule has 7 heteroatoms. The van der Waals surface area contributed by atoms with Crippen LogP contribution in [0.2, 0.25) is 0 Å². The van der Waals surface area contributed by atoms with E-state index in [4.69, 9.17) is 9.47 Å². The lowest BCUT2D eigenvalue weighted by Gasteiger charge is -2.51. The largest absolute Gasteiger partial charge is 0.454 e. The van der Waals surface area contributed by atoms with Crippen molar-refractivity contribution in [1.82, 2.24) is 15.1 Å². The van der Waals surface area contributed by atoms with E-state index in [2.05, 4.69) is 11.4 Å². The molecule has 5 rings (SSSR count). The zero-order valence-corrected chi connectivity index (χ0v) is 15.6. The van der Waals surface area contributed by atoms with E-state index >= 15 is 0 Å². The van der Waals surface area contributed by atoms with Gasteiger partial charge in [0.15, 0.2) is 11.5 Å². The van der Waals surface area contributed by atoms with Crippen LogP contribution in [0, 0.1) is 5.92 Å². The first kappa shape index (κ1) is 16.7. The molecule has 2 fully saturated rings. The molecule has 2 saturated heterocycles. The summed E-state index contributed by atoms with van der Waals surface area (Å²) in [6.07, 6.45) is 3.39. The Hall–Kier alpha value is -2.44. The van der Waals surface area contributed by atoms with Gasteiger partial charge >= 0.3 is 6.03 Å².